The highest BCUT2D eigenvalue weighted by Crippen LogP contribution is 2.31. The van der Waals surface area contributed by atoms with Gasteiger partial charge in [-0.3, -0.25) is 14.3 Å². The molecule has 1 aromatic carbocycles. The molecular weight excluding hydrogens is 440 g/mol. The van der Waals surface area contributed by atoms with Gasteiger partial charge in [0.2, 0.25) is 5.91 Å². The fraction of sp³-hybridized carbons (Fsp3) is 0.393. The minimum absolute atomic E-state index is 0.174. The van der Waals surface area contributed by atoms with Crippen molar-refractivity contribution in [2.75, 3.05) is 6.54 Å². The van der Waals surface area contributed by atoms with E-state index >= 15 is 0 Å². The van der Waals surface area contributed by atoms with E-state index in [1.54, 1.807) is 28.0 Å². The van der Waals surface area contributed by atoms with Crippen molar-refractivity contribution in [3.8, 4) is 11.5 Å². The molecular formula is C28H32N4O3. The molecule has 0 saturated carbocycles. The summed E-state index contributed by atoms with van der Waals surface area (Å²) in [7, 11) is 0. The Balaban J connectivity index is 1.43. The van der Waals surface area contributed by atoms with Crippen LogP contribution in [0.3, 0.4) is 0 Å². The van der Waals surface area contributed by atoms with Crippen LogP contribution in [0.25, 0.3) is 11.5 Å². The topological polar surface area (TPSA) is 80.4 Å². The van der Waals surface area contributed by atoms with Gasteiger partial charge in [0.05, 0.1) is 12.8 Å². The molecule has 1 aliphatic carbocycles. The van der Waals surface area contributed by atoms with Gasteiger partial charge in [0.15, 0.2) is 5.76 Å². The Morgan fingerprint density at radius 2 is 2.06 bits per heavy atom. The van der Waals surface area contributed by atoms with E-state index in [-0.39, 0.29) is 18.4 Å². The third-order valence-electron chi connectivity index (χ3n) is 7.30. The van der Waals surface area contributed by atoms with Gasteiger partial charge in [-0.15, -0.1) is 0 Å². The summed E-state index contributed by atoms with van der Waals surface area (Å²) in [6.07, 6.45) is 9.24. The van der Waals surface area contributed by atoms with Crippen molar-refractivity contribution in [1.82, 2.24) is 20.0 Å². The molecule has 1 atom stereocenters. The summed E-state index contributed by atoms with van der Waals surface area (Å²) in [5.74, 6) is 0.253. The smallest absolute Gasteiger partial charge is 0.273 e. The first-order chi connectivity index (χ1) is 17.0. The Bertz CT molecular complexity index is 1260. The van der Waals surface area contributed by atoms with Crippen LogP contribution in [0.5, 0.6) is 0 Å². The lowest BCUT2D eigenvalue weighted by molar-refractivity contribution is -0.133. The van der Waals surface area contributed by atoms with E-state index in [1.165, 1.54) is 18.4 Å². The number of aryl methyl sites for hydroxylation is 1. The van der Waals surface area contributed by atoms with Crippen molar-refractivity contribution in [2.24, 2.45) is 0 Å². The molecule has 7 nitrogen and oxygen atoms in total. The standard InChI is InChI=1S/C28H32N4O3/c1-20-9-6-7-12-22(20)18-29-27(34)28(2)19-32-24(17-23(30-32)25-13-8-16-35-25)26(33)31(28)15-14-21-10-4-3-5-11-21/h6-10,12-13,16-17H,3-5,11,14-15,18-19H2,1-2H3,(H,29,34). The second kappa shape index (κ2) is 9.56. The Morgan fingerprint density at radius 1 is 1.20 bits per heavy atom. The molecule has 2 aromatic heterocycles. The summed E-state index contributed by atoms with van der Waals surface area (Å²) >= 11 is 0. The van der Waals surface area contributed by atoms with Crippen molar-refractivity contribution in [3.05, 3.63) is 77.2 Å². The summed E-state index contributed by atoms with van der Waals surface area (Å²) in [6.45, 7) is 5.08. The molecule has 0 bridgehead atoms. The zero-order valence-electron chi connectivity index (χ0n) is 20.4. The Morgan fingerprint density at radius 3 is 2.80 bits per heavy atom. The molecule has 0 saturated heterocycles. The van der Waals surface area contributed by atoms with Crippen LogP contribution < -0.4 is 5.32 Å². The van der Waals surface area contributed by atoms with E-state index in [2.05, 4.69) is 16.5 Å². The van der Waals surface area contributed by atoms with E-state index in [1.807, 2.05) is 44.2 Å². The van der Waals surface area contributed by atoms with Crippen LogP contribution >= 0.6 is 0 Å². The van der Waals surface area contributed by atoms with Crippen molar-refractivity contribution in [1.29, 1.82) is 0 Å². The number of fused-ring (bicyclic) bond motifs is 1. The fourth-order valence-corrected chi connectivity index (χ4v) is 5.10. The van der Waals surface area contributed by atoms with Crippen LogP contribution in [-0.4, -0.2) is 38.6 Å². The van der Waals surface area contributed by atoms with Gasteiger partial charge in [-0.2, -0.15) is 5.10 Å². The third-order valence-corrected chi connectivity index (χ3v) is 7.30. The highest BCUT2D eigenvalue weighted by atomic mass is 16.3. The van der Waals surface area contributed by atoms with Gasteiger partial charge in [0.25, 0.3) is 5.91 Å². The molecule has 35 heavy (non-hydrogen) atoms. The van der Waals surface area contributed by atoms with Crippen molar-refractivity contribution >= 4 is 11.8 Å². The predicted octanol–water partition coefficient (Wildman–Crippen LogP) is 4.87. The van der Waals surface area contributed by atoms with Gasteiger partial charge in [-0.05, 0) is 69.2 Å². The summed E-state index contributed by atoms with van der Waals surface area (Å²) in [5, 5.41) is 7.72. The molecule has 2 aliphatic rings. The summed E-state index contributed by atoms with van der Waals surface area (Å²) in [5.41, 5.74) is 3.58. The van der Waals surface area contributed by atoms with Gasteiger partial charge < -0.3 is 14.6 Å². The fourth-order valence-electron chi connectivity index (χ4n) is 5.10. The van der Waals surface area contributed by atoms with Crippen LogP contribution in [-0.2, 0) is 17.9 Å². The zero-order chi connectivity index (χ0) is 24.4. The Hall–Kier alpha value is -3.61. The number of carbonyl (C=O) groups is 2. The summed E-state index contributed by atoms with van der Waals surface area (Å²) in [6, 6.07) is 13.4. The maximum atomic E-state index is 13.8. The highest BCUT2D eigenvalue weighted by Gasteiger charge is 2.47. The van der Waals surface area contributed by atoms with E-state index in [4.69, 9.17) is 4.42 Å². The number of allylic oxidation sites excluding steroid dienone is 1. The van der Waals surface area contributed by atoms with Crippen molar-refractivity contribution < 1.29 is 14.0 Å². The summed E-state index contributed by atoms with van der Waals surface area (Å²) in [4.78, 5) is 29.2. The number of furan rings is 1. The molecule has 7 heteroatoms. The molecule has 0 fully saturated rings. The largest absolute Gasteiger partial charge is 0.463 e. The monoisotopic (exact) mass is 472 g/mol. The normalized spacial score (nSPS) is 19.9. The quantitative estimate of drug-likeness (QED) is 0.498. The Kier molecular flexibility index (Phi) is 6.32. The maximum absolute atomic E-state index is 13.8. The first-order valence-electron chi connectivity index (χ1n) is 12.4. The summed E-state index contributed by atoms with van der Waals surface area (Å²) < 4.78 is 7.15. The molecule has 0 spiro atoms. The minimum atomic E-state index is -1.06. The number of rotatable bonds is 7. The van der Waals surface area contributed by atoms with Gasteiger partial charge in [-0.25, -0.2) is 0 Å². The molecule has 182 valence electrons. The van der Waals surface area contributed by atoms with E-state index in [0.29, 0.717) is 30.2 Å². The van der Waals surface area contributed by atoms with Gasteiger partial charge in [-0.1, -0.05) is 35.9 Å². The lowest BCUT2D eigenvalue weighted by atomic mass is 9.92. The van der Waals surface area contributed by atoms with E-state index in [0.717, 1.165) is 30.4 Å². The Labute approximate surface area is 205 Å². The van der Waals surface area contributed by atoms with Gasteiger partial charge in [0.1, 0.15) is 16.9 Å². The highest BCUT2D eigenvalue weighted by molar-refractivity contribution is 6.00. The average Bonchev–Trinajstić information content (AvgIpc) is 3.54. The van der Waals surface area contributed by atoms with Gasteiger partial charge in [0, 0.05) is 19.2 Å². The molecule has 1 N–H and O–H groups in total. The first-order valence-corrected chi connectivity index (χ1v) is 12.4. The first kappa shape index (κ1) is 23.1. The molecule has 3 aromatic rings. The SMILES string of the molecule is Cc1ccccc1CNC(=O)C1(C)Cn2nc(-c3ccco3)cc2C(=O)N1CCC1=CCCCC1. The van der Waals surface area contributed by atoms with Gasteiger partial charge >= 0.3 is 0 Å². The predicted molar refractivity (Wildman–Crippen MR) is 134 cm³/mol. The number of hydrogen-bond acceptors (Lipinski definition) is 4. The number of benzene rings is 1. The second-order valence-corrected chi connectivity index (χ2v) is 9.75. The number of nitrogens with zero attached hydrogens (tertiary/aromatic N) is 3. The number of hydrogen-bond donors (Lipinski definition) is 1. The van der Waals surface area contributed by atoms with Crippen LogP contribution in [0, 0.1) is 6.92 Å². The molecule has 0 radical (unpaired) electrons. The number of nitrogens with one attached hydrogen (secondary N) is 1. The number of amides is 2. The average molecular weight is 473 g/mol. The molecule has 3 heterocycles. The van der Waals surface area contributed by atoms with Crippen LogP contribution in [0.15, 0.2) is 64.8 Å². The van der Waals surface area contributed by atoms with Crippen LogP contribution in [0.4, 0.5) is 0 Å². The molecule has 2 amide bonds. The number of aromatic nitrogens is 2. The van der Waals surface area contributed by atoms with Crippen LogP contribution in [0.1, 0.15) is 60.6 Å². The van der Waals surface area contributed by atoms with E-state index in [9.17, 15) is 9.59 Å². The lowest BCUT2D eigenvalue weighted by Gasteiger charge is -2.43. The lowest BCUT2D eigenvalue weighted by Crippen LogP contribution is -2.64. The molecule has 1 unspecified atom stereocenters. The van der Waals surface area contributed by atoms with E-state index < -0.39 is 5.54 Å². The second-order valence-electron chi connectivity index (χ2n) is 9.75. The van der Waals surface area contributed by atoms with Crippen molar-refractivity contribution in [3.63, 3.8) is 0 Å². The number of carbonyl (C=O) groups excluding carboxylic acids is 2. The maximum Gasteiger partial charge on any atom is 0.273 e. The molecule has 5 rings (SSSR count). The van der Waals surface area contributed by atoms with Crippen molar-refractivity contribution in [2.45, 2.75) is 64.6 Å². The molecule has 1 aliphatic heterocycles. The third kappa shape index (κ3) is 4.55. The zero-order valence-corrected chi connectivity index (χ0v) is 20.4. The minimum Gasteiger partial charge on any atom is -0.463 e. The van der Waals surface area contributed by atoms with Crippen LogP contribution in [0.2, 0.25) is 0 Å².